The number of imide groups is 1. The molecule has 0 saturated carbocycles. The maximum Gasteiger partial charge on any atom is 0.338 e. The van der Waals surface area contributed by atoms with Gasteiger partial charge in [-0.05, 0) is 18.2 Å². The van der Waals surface area contributed by atoms with Gasteiger partial charge in [0.2, 0.25) is 17.7 Å². The van der Waals surface area contributed by atoms with Crippen molar-refractivity contribution in [2.75, 3.05) is 18.1 Å². The van der Waals surface area contributed by atoms with Gasteiger partial charge in [0.05, 0.1) is 17.8 Å². The third-order valence-electron chi connectivity index (χ3n) is 3.10. The largest absolute Gasteiger partial charge is 0.460 e. The van der Waals surface area contributed by atoms with E-state index in [0.29, 0.717) is 5.69 Å². The number of nitrogens with zero attached hydrogens (tertiary/aromatic N) is 1. The highest BCUT2D eigenvalue weighted by Gasteiger charge is 2.30. The molecular weight excluding hydrogens is 288 g/mol. The summed E-state index contributed by atoms with van der Waals surface area (Å²) in [6.45, 7) is 1.64. The van der Waals surface area contributed by atoms with Crippen LogP contribution in [0.25, 0.3) is 0 Å². The van der Waals surface area contributed by atoms with Gasteiger partial charge < -0.3 is 10.1 Å². The molecule has 1 saturated heterocycles. The Bertz CT molecular complexity index is 610. The monoisotopic (exact) mass is 304 g/mol. The molecule has 0 unspecified atom stereocenters. The lowest BCUT2D eigenvalue weighted by atomic mass is 10.2. The highest BCUT2D eigenvalue weighted by molar-refractivity contribution is 6.20. The predicted molar refractivity (Wildman–Crippen MR) is 77.1 cm³/mol. The van der Waals surface area contributed by atoms with Crippen molar-refractivity contribution in [2.24, 2.45) is 0 Å². The highest BCUT2D eigenvalue weighted by atomic mass is 16.5. The number of ether oxygens (including phenoxy) is 1. The Morgan fingerprint density at radius 3 is 2.55 bits per heavy atom. The van der Waals surface area contributed by atoms with Gasteiger partial charge in [0.1, 0.15) is 6.61 Å². The third kappa shape index (κ3) is 3.69. The predicted octanol–water partition coefficient (Wildman–Crippen LogP) is 0.633. The van der Waals surface area contributed by atoms with Crippen LogP contribution in [0, 0.1) is 0 Å². The summed E-state index contributed by atoms with van der Waals surface area (Å²) in [5, 5.41) is 2.51. The first kappa shape index (κ1) is 15.7. The van der Waals surface area contributed by atoms with Crippen LogP contribution < -0.4 is 10.2 Å². The Balaban J connectivity index is 2.02. The molecule has 116 valence electrons. The van der Waals surface area contributed by atoms with Crippen molar-refractivity contribution in [1.29, 1.82) is 0 Å². The van der Waals surface area contributed by atoms with Gasteiger partial charge in [0, 0.05) is 19.8 Å². The van der Waals surface area contributed by atoms with Crippen LogP contribution in [0.4, 0.5) is 5.69 Å². The van der Waals surface area contributed by atoms with E-state index < -0.39 is 5.97 Å². The summed E-state index contributed by atoms with van der Waals surface area (Å²) in [6, 6.07) is 6.16. The van der Waals surface area contributed by atoms with Crippen LogP contribution in [-0.2, 0) is 19.1 Å². The number of carbonyl (C=O) groups is 4. The van der Waals surface area contributed by atoms with E-state index >= 15 is 0 Å². The lowest BCUT2D eigenvalue weighted by molar-refractivity contribution is -0.121. The Morgan fingerprint density at radius 2 is 1.91 bits per heavy atom. The summed E-state index contributed by atoms with van der Waals surface area (Å²) in [4.78, 5) is 47.0. The highest BCUT2D eigenvalue weighted by Crippen LogP contribution is 2.23. The molecule has 1 aromatic rings. The molecular formula is C15H16N2O5. The van der Waals surface area contributed by atoms with Crippen molar-refractivity contribution in [3.8, 4) is 0 Å². The van der Waals surface area contributed by atoms with Crippen LogP contribution in [0.15, 0.2) is 24.3 Å². The smallest absolute Gasteiger partial charge is 0.338 e. The van der Waals surface area contributed by atoms with Gasteiger partial charge in [-0.2, -0.15) is 0 Å². The zero-order valence-electron chi connectivity index (χ0n) is 12.1. The first-order valence-electron chi connectivity index (χ1n) is 6.86. The van der Waals surface area contributed by atoms with Crippen LogP contribution in [0.3, 0.4) is 0 Å². The zero-order valence-corrected chi connectivity index (χ0v) is 12.1. The van der Waals surface area contributed by atoms with Crippen LogP contribution in [0.1, 0.15) is 30.1 Å². The van der Waals surface area contributed by atoms with Crippen molar-refractivity contribution in [1.82, 2.24) is 5.32 Å². The summed E-state index contributed by atoms with van der Waals surface area (Å²) in [5.74, 6) is -1.34. The van der Waals surface area contributed by atoms with Crippen LogP contribution in [0.2, 0.25) is 0 Å². The quantitative estimate of drug-likeness (QED) is 0.489. The summed E-state index contributed by atoms with van der Waals surface area (Å²) in [7, 11) is 0. The number of amides is 3. The molecule has 2 rings (SSSR count). The van der Waals surface area contributed by atoms with E-state index in [4.69, 9.17) is 4.74 Å². The summed E-state index contributed by atoms with van der Waals surface area (Å²) >= 11 is 0. The molecule has 1 aromatic carbocycles. The maximum absolute atomic E-state index is 11.9. The van der Waals surface area contributed by atoms with Crippen LogP contribution in [0.5, 0.6) is 0 Å². The molecule has 22 heavy (non-hydrogen) atoms. The number of carbonyl (C=O) groups excluding carboxylic acids is 4. The first-order chi connectivity index (χ1) is 10.5. The van der Waals surface area contributed by atoms with Crippen molar-refractivity contribution in [3.63, 3.8) is 0 Å². The zero-order chi connectivity index (χ0) is 16.1. The lowest BCUT2D eigenvalue weighted by Gasteiger charge is -2.14. The Morgan fingerprint density at radius 1 is 1.23 bits per heavy atom. The van der Waals surface area contributed by atoms with Crippen molar-refractivity contribution >= 4 is 29.4 Å². The molecule has 7 heteroatoms. The van der Waals surface area contributed by atoms with Gasteiger partial charge in [0.25, 0.3) is 0 Å². The van der Waals surface area contributed by atoms with Gasteiger partial charge in [-0.3, -0.25) is 19.3 Å². The molecule has 0 bridgehead atoms. The van der Waals surface area contributed by atoms with E-state index in [1.54, 1.807) is 12.1 Å². The normalized spacial score (nSPS) is 14.1. The van der Waals surface area contributed by atoms with Gasteiger partial charge in [-0.15, -0.1) is 0 Å². The molecule has 0 spiro atoms. The molecule has 1 aliphatic rings. The number of anilines is 1. The molecule has 0 atom stereocenters. The van der Waals surface area contributed by atoms with E-state index in [2.05, 4.69) is 5.32 Å². The molecule has 0 radical (unpaired) electrons. The fraction of sp³-hybridized carbons (Fsp3) is 0.333. The van der Waals surface area contributed by atoms with E-state index in [1.807, 2.05) is 0 Å². The van der Waals surface area contributed by atoms with Gasteiger partial charge in [0.15, 0.2) is 0 Å². The summed E-state index contributed by atoms with van der Waals surface area (Å²) < 4.78 is 5.01. The van der Waals surface area contributed by atoms with Crippen molar-refractivity contribution in [3.05, 3.63) is 29.8 Å². The van der Waals surface area contributed by atoms with Crippen LogP contribution >= 0.6 is 0 Å². The second-order valence-electron chi connectivity index (χ2n) is 4.79. The standard InChI is InChI=1S/C15H16N2O5/c1-10(18)16-7-8-22-15(21)11-3-2-4-12(9-11)17-13(19)5-6-14(17)20/h2-4,9H,5-8H2,1H3,(H,16,18). The number of benzene rings is 1. The number of rotatable bonds is 5. The topological polar surface area (TPSA) is 92.8 Å². The fourth-order valence-corrected chi connectivity index (χ4v) is 2.09. The van der Waals surface area contributed by atoms with E-state index in [9.17, 15) is 19.2 Å². The minimum absolute atomic E-state index is 0.0458. The third-order valence-corrected chi connectivity index (χ3v) is 3.10. The fourth-order valence-electron chi connectivity index (χ4n) is 2.09. The second-order valence-corrected chi connectivity index (χ2v) is 4.79. The average Bonchev–Trinajstić information content (AvgIpc) is 2.82. The maximum atomic E-state index is 11.9. The summed E-state index contributed by atoms with van der Waals surface area (Å²) in [6.07, 6.45) is 0.369. The van der Waals surface area contributed by atoms with Crippen molar-refractivity contribution in [2.45, 2.75) is 19.8 Å². The molecule has 7 nitrogen and oxygen atoms in total. The van der Waals surface area contributed by atoms with E-state index in [0.717, 1.165) is 4.90 Å². The lowest BCUT2D eigenvalue weighted by Crippen LogP contribution is -2.28. The molecule has 1 fully saturated rings. The molecule has 1 heterocycles. The average molecular weight is 304 g/mol. The Labute approximate surface area is 127 Å². The minimum atomic E-state index is -0.578. The molecule has 3 amide bonds. The number of hydrogen-bond acceptors (Lipinski definition) is 5. The SMILES string of the molecule is CC(=O)NCCOC(=O)c1cccc(N2C(=O)CCC2=O)c1. The Hall–Kier alpha value is -2.70. The molecule has 0 aliphatic carbocycles. The van der Waals surface area contributed by atoms with E-state index in [1.165, 1.54) is 19.1 Å². The Kier molecular flexibility index (Phi) is 4.88. The molecule has 1 N–H and O–H groups in total. The van der Waals surface area contributed by atoms with Crippen LogP contribution in [-0.4, -0.2) is 36.8 Å². The number of nitrogens with one attached hydrogen (secondary N) is 1. The minimum Gasteiger partial charge on any atom is -0.460 e. The second kappa shape index (κ2) is 6.84. The number of hydrogen-bond donors (Lipinski definition) is 1. The van der Waals surface area contributed by atoms with Gasteiger partial charge >= 0.3 is 5.97 Å². The first-order valence-corrected chi connectivity index (χ1v) is 6.86. The van der Waals surface area contributed by atoms with E-state index in [-0.39, 0.29) is 49.3 Å². The molecule has 1 aliphatic heterocycles. The van der Waals surface area contributed by atoms with Crippen molar-refractivity contribution < 1.29 is 23.9 Å². The van der Waals surface area contributed by atoms with Gasteiger partial charge in [-0.25, -0.2) is 4.79 Å². The summed E-state index contributed by atoms with van der Waals surface area (Å²) in [5.41, 5.74) is 0.608. The number of esters is 1. The molecule has 0 aromatic heterocycles. The van der Waals surface area contributed by atoms with Gasteiger partial charge in [-0.1, -0.05) is 6.07 Å².